The molecule has 0 aliphatic carbocycles. The lowest BCUT2D eigenvalue weighted by atomic mass is 10.2. The van der Waals surface area contributed by atoms with Crippen LogP contribution in [0.5, 0.6) is 0 Å². The van der Waals surface area contributed by atoms with Gasteiger partial charge in [-0.15, -0.1) is 0 Å². The van der Waals surface area contributed by atoms with Crippen molar-refractivity contribution in [2.24, 2.45) is 10.7 Å². The molecule has 2 rings (SSSR count). The first-order valence-electron chi connectivity index (χ1n) is 6.99. The Morgan fingerprint density at radius 1 is 1.19 bits per heavy atom. The van der Waals surface area contributed by atoms with Gasteiger partial charge in [-0.25, -0.2) is 0 Å². The minimum atomic E-state index is -4.31. The molecule has 0 bridgehead atoms. The molecule has 9 heteroatoms. The first kappa shape index (κ1) is 16.7. The van der Waals surface area contributed by atoms with E-state index in [1.807, 2.05) is 16.7 Å². The minimum Gasteiger partial charge on any atom is -0.379 e. The quantitative estimate of drug-likeness (QED) is 0.608. The summed E-state index contributed by atoms with van der Waals surface area (Å²) < 4.78 is 44.7. The smallest absolute Gasteiger partial charge is 0.379 e. The highest BCUT2D eigenvalue weighted by molar-refractivity contribution is 7.99. The van der Waals surface area contributed by atoms with Crippen molar-refractivity contribution in [3.05, 3.63) is 0 Å². The molecular weight excluding hydrogens is 305 g/mol. The third kappa shape index (κ3) is 4.93. The molecule has 2 heterocycles. The highest BCUT2D eigenvalue weighted by Crippen LogP contribution is 2.26. The first-order valence-corrected chi connectivity index (χ1v) is 8.15. The number of nitrogens with zero attached hydrogens (tertiary/aromatic N) is 3. The zero-order valence-electron chi connectivity index (χ0n) is 11.8. The second-order valence-corrected chi connectivity index (χ2v) is 6.23. The Kier molecular flexibility index (Phi) is 6.00. The number of nitrogens with two attached hydrogens (primary N) is 1. The van der Waals surface area contributed by atoms with Crippen LogP contribution in [-0.2, 0) is 4.74 Å². The summed E-state index contributed by atoms with van der Waals surface area (Å²) in [6.45, 7) is 2.35. The molecule has 2 saturated heterocycles. The molecular formula is C12H21F3N4OS. The molecule has 5 nitrogen and oxygen atoms in total. The molecule has 0 aromatic heterocycles. The average molecular weight is 326 g/mol. The van der Waals surface area contributed by atoms with Gasteiger partial charge in [-0.05, 0) is 0 Å². The Morgan fingerprint density at radius 3 is 2.38 bits per heavy atom. The number of morpholine rings is 1. The van der Waals surface area contributed by atoms with Gasteiger partial charge in [-0.2, -0.15) is 24.9 Å². The Hall–Kier alpha value is -0.670. The summed E-state index contributed by atoms with van der Waals surface area (Å²) in [5.74, 6) is 2.09. The summed E-state index contributed by atoms with van der Waals surface area (Å²) in [6.07, 6.45) is -4.31. The first-order chi connectivity index (χ1) is 9.98. The molecule has 0 radical (unpaired) electrons. The van der Waals surface area contributed by atoms with Gasteiger partial charge >= 0.3 is 6.18 Å². The van der Waals surface area contributed by atoms with Crippen molar-refractivity contribution in [2.75, 3.05) is 57.4 Å². The summed E-state index contributed by atoms with van der Waals surface area (Å²) >= 11 is 1.81. The fraction of sp³-hybridized carbons (Fsp3) is 0.917. The fourth-order valence-corrected chi connectivity index (χ4v) is 3.29. The number of hydrogen-bond acceptors (Lipinski definition) is 4. The van der Waals surface area contributed by atoms with Crippen LogP contribution in [0.1, 0.15) is 0 Å². The van der Waals surface area contributed by atoms with E-state index < -0.39 is 12.2 Å². The van der Waals surface area contributed by atoms with Crippen molar-refractivity contribution >= 4 is 17.7 Å². The van der Waals surface area contributed by atoms with Gasteiger partial charge in [0.15, 0.2) is 5.96 Å². The lowest BCUT2D eigenvalue weighted by molar-refractivity contribution is -0.188. The number of halogens is 3. The number of ether oxygens (including phenoxy) is 1. The maximum Gasteiger partial charge on any atom is 0.405 e. The number of rotatable bonds is 3. The molecule has 0 spiro atoms. The topological polar surface area (TPSA) is 54.1 Å². The second kappa shape index (κ2) is 7.55. The summed E-state index contributed by atoms with van der Waals surface area (Å²) in [5.41, 5.74) is 5.83. The van der Waals surface area contributed by atoms with Crippen molar-refractivity contribution in [3.63, 3.8) is 0 Å². The zero-order chi connectivity index (χ0) is 15.3. The molecule has 0 amide bonds. The third-order valence-electron chi connectivity index (χ3n) is 3.63. The molecule has 2 aliphatic rings. The molecule has 0 saturated carbocycles. The van der Waals surface area contributed by atoms with Crippen LogP contribution in [-0.4, -0.2) is 85.4 Å². The van der Waals surface area contributed by atoms with Crippen LogP contribution in [0.2, 0.25) is 0 Å². The van der Waals surface area contributed by atoms with Gasteiger partial charge in [0.2, 0.25) is 0 Å². The molecule has 0 aromatic rings. The van der Waals surface area contributed by atoms with Crippen LogP contribution >= 0.6 is 11.8 Å². The van der Waals surface area contributed by atoms with E-state index in [1.54, 1.807) is 0 Å². The monoisotopic (exact) mass is 326 g/mol. The van der Waals surface area contributed by atoms with E-state index in [0.717, 1.165) is 24.6 Å². The molecule has 1 atom stereocenters. The molecule has 1 unspecified atom stereocenters. The summed E-state index contributed by atoms with van der Waals surface area (Å²) in [7, 11) is 0. The number of thioether (sulfide) groups is 1. The van der Waals surface area contributed by atoms with Crippen LogP contribution in [0.15, 0.2) is 4.99 Å². The van der Waals surface area contributed by atoms with Gasteiger partial charge in [-0.1, -0.05) is 0 Å². The van der Waals surface area contributed by atoms with E-state index in [1.165, 1.54) is 4.90 Å². The van der Waals surface area contributed by atoms with Gasteiger partial charge in [0.1, 0.15) is 6.04 Å². The highest BCUT2D eigenvalue weighted by atomic mass is 32.2. The van der Waals surface area contributed by atoms with Crippen molar-refractivity contribution in [3.8, 4) is 0 Å². The third-order valence-corrected chi connectivity index (χ3v) is 4.57. The van der Waals surface area contributed by atoms with Crippen molar-refractivity contribution in [1.82, 2.24) is 9.80 Å². The van der Waals surface area contributed by atoms with Crippen LogP contribution in [0.4, 0.5) is 13.2 Å². The Balaban J connectivity index is 1.97. The molecule has 2 N–H and O–H groups in total. The van der Waals surface area contributed by atoms with E-state index >= 15 is 0 Å². The molecule has 2 fully saturated rings. The normalized spacial score (nSPS) is 24.1. The van der Waals surface area contributed by atoms with Gasteiger partial charge in [0.05, 0.1) is 19.8 Å². The lowest BCUT2D eigenvalue weighted by Crippen LogP contribution is -2.52. The van der Waals surface area contributed by atoms with E-state index in [2.05, 4.69) is 4.99 Å². The van der Waals surface area contributed by atoms with Gasteiger partial charge in [0.25, 0.3) is 0 Å². The predicted octanol–water partition coefficient (Wildman–Crippen LogP) is 0.613. The average Bonchev–Trinajstić information content (AvgIpc) is 2.48. The SMILES string of the molecule is NC(=NCC(N1CCOCC1)C(F)(F)F)N1CCSCC1. The van der Waals surface area contributed by atoms with Crippen molar-refractivity contribution in [2.45, 2.75) is 12.2 Å². The Labute approximate surface area is 126 Å². The minimum absolute atomic E-state index is 0.220. The maximum atomic E-state index is 13.2. The highest BCUT2D eigenvalue weighted by Gasteiger charge is 2.43. The van der Waals surface area contributed by atoms with E-state index in [-0.39, 0.29) is 25.6 Å². The number of guanidine groups is 1. The zero-order valence-corrected chi connectivity index (χ0v) is 12.6. The summed E-state index contributed by atoms with van der Waals surface area (Å²) in [5, 5.41) is 0. The van der Waals surface area contributed by atoms with Crippen molar-refractivity contribution in [1.29, 1.82) is 0 Å². The number of aliphatic imine (C=N–C) groups is 1. The summed E-state index contributed by atoms with van der Waals surface area (Å²) in [6, 6.07) is -1.58. The van der Waals surface area contributed by atoms with Crippen LogP contribution < -0.4 is 5.73 Å². The van der Waals surface area contributed by atoms with E-state index in [0.29, 0.717) is 13.2 Å². The largest absolute Gasteiger partial charge is 0.405 e. The van der Waals surface area contributed by atoms with Gasteiger partial charge in [-0.3, -0.25) is 9.89 Å². The van der Waals surface area contributed by atoms with E-state index in [4.69, 9.17) is 10.5 Å². The van der Waals surface area contributed by atoms with Gasteiger partial charge in [0, 0.05) is 37.7 Å². The van der Waals surface area contributed by atoms with Crippen LogP contribution in [0.3, 0.4) is 0 Å². The lowest BCUT2D eigenvalue weighted by Gasteiger charge is -2.35. The number of alkyl halides is 3. The fourth-order valence-electron chi connectivity index (χ4n) is 2.39. The Morgan fingerprint density at radius 2 is 1.81 bits per heavy atom. The van der Waals surface area contributed by atoms with Crippen LogP contribution in [0.25, 0.3) is 0 Å². The van der Waals surface area contributed by atoms with E-state index in [9.17, 15) is 13.2 Å². The molecule has 0 aromatic carbocycles. The summed E-state index contributed by atoms with van der Waals surface area (Å²) in [4.78, 5) is 7.23. The van der Waals surface area contributed by atoms with Crippen LogP contribution in [0, 0.1) is 0 Å². The second-order valence-electron chi connectivity index (χ2n) is 5.00. The predicted molar refractivity (Wildman–Crippen MR) is 77.6 cm³/mol. The standard InChI is InChI=1S/C12H21F3N4OS/c13-12(14,15)10(18-1-5-20-6-2-18)9-17-11(16)19-3-7-21-8-4-19/h10H,1-9H2,(H2,16,17). The van der Waals surface area contributed by atoms with Crippen molar-refractivity contribution < 1.29 is 17.9 Å². The molecule has 2 aliphatic heterocycles. The molecule has 21 heavy (non-hydrogen) atoms. The Bertz CT molecular complexity index is 355. The van der Waals surface area contributed by atoms with Gasteiger partial charge < -0.3 is 15.4 Å². The molecule has 122 valence electrons. The maximum absolute atomic E-state index is 13.2. The number of hydrogen-bond donors (Lipinski definition) is 1.